The molecule has 0 aliphatic heterocycles. The molecule has 0 aliphatic carbocycles. The minimum Gasteiger partial charge on any atom is -0.183 e. The molecule has 2 radical (unpaired) electrons. The maximum absolute atomic E-state index is 4.92. The Morgan fingerprint density at radius 3 is 1.27 bits per heavy atom. The van der Waals surface area contributed by atoms with Crippen molar-refractivity contribution in [3.05, 3.63) is 50.0 Å². The quantitative estimate of drug-likeness (QED) is 0.0812. The van der Waals surface area contributed by atoms with E-state index in [-0.39, 0.29) is 0 Å². The summed E-state index contributed by atoms with van der Waals surface area (Å²) in [5.74, 6) is 0. The Morgan fingerprint density at radius 1 is 0.676 bits per heavy atom. The topological polar surface area (TPSA) is 0 Å². The summed E-state index contributed by atoms with van der Waals surface area (Å²) >= 11 is 3.53. The van der Waals surface area contributed by atoms with E-state index in [0.29, 0.717) is 10.9 Å². The summed E-state index contributed by atoms with van der Waals surface area (Å²) in [6.45, 7) is 30.2. The van der Waals surface area contributed by atoms with Gasteiger partial charge in [-0.2, -0.15) is 12.6 Å². The maximum Gasteiger partial charge on any atom is 0.106 e. The van der Waals surface area contributed by atoms with Crippen LogP contribution in [0.4, 0.5) is 0 Å². The lowest BCUT2D eigenvalue weighted by Crippen LogP contribution is -2.01. The van der Waals surface area contributed by atoms with Crippen LogP contribution in [0.1, 0.15) is 165 Å². The zero-order valence-corrected chi connectivity index (χ0v) is 28.5. The van der Waals surface area contributed by atoms with Crippen LogP contribution in [0, 0.1) is 5.41 Å². The SMILES string of the molecule is C=C.C=CCCCCCCC/C=C/CC(C)(C)C.CC.CCCCCCCCCCC.CS.[B]C(=C)C. The number of rotatable bonds is 17. The third-order valence-corrected chi connectivity index (χ3v) is 4.88. The Hall–Kier alpha value is -0.625. The molecule has 0 aromatic rings. The molecule has 0 bridgehead atoms. The highest BCUT2D eigenvalue weighted by Crippen LogP contribution is 2.19. The third kappa shape index (κ3) is 94.9. The molecule has 2 heteroatoms. The van der Waals surface area contributed by atoms with Crippen molar-refractivity contribution >= 4 is 20.5 Å². The number of hydrogen-bond acceptors (Lipinski definition) is 1. The standard InChI is InChI=1S/C16H30.C11H24.C3H5B.C2H6.C2H4.CH4S/c1-5-6-7-8-9-10-11-12-13-14-15-16(2,3)4;1-3-5-7-9-11-10-8-6-4-2;1-3(2)4;3*1-2/h5,13-14H,1,6-12,15H2,2-4H3;3-11H2,1-2H3;1H2,2H3;1-2H3;1-2H2;2H,1H3/b14-13+;;;;;. The number of unbranched alkanes of at least 4 members (excludes halogenated alkanes) is 14. The second-order valence-corrected chi connectivity index (χ2v) is 10.2. The summed E-state index contributed by atoms with van der Waals surface area (Å²) in [5.41, 5.74) is 1.11. The second-order valence-electron chi connectivity index (χ2n) is 10.2. The molecule has 0 N–H and O–H groups in total. The molecule has 0 saturated carbocycles. The Kier molecular flexibility index (Phi) is 69.2. The molecule has 0 heterocycles. The maximum atomic E-state index is 4.92. The first kappa shape index (κ1) is 49.3. The first-order valence-corrected chi connectivity index (χ1v) is 16.2. The highest BCUT2D eigenvalue weighted by Gasteiger charge is 2.05. The van der Waals surface area contributed by atoms with Crippen molar-refractivity contribution in [2.75, 3.05) is 6.26 Å². The Bertz CT molecular complexity index is 381. The summed E-state index contributed by atoms with van der Waals surface area (Å²) in [6, 6.07) is 0. The molecule has 0 unspecified atom stereocenters. The summed E-state index contributed by atoms with van der Waals surface area (Å²) in [7, 11) is 4.92. The van der Waals surface area contributed by atoms with E-state index in [1.807, 2.05) is 19.9 Å². The van der Waals surface area contributed by atoms with Gasteiger partial charge in [-0.25, -0.2) is 0 Å². The Balaban J connectivity index is -0.0000000989. The van der Waals surface area contributed by atoms with E-state index in [1.54, 1.807) is 13.2 Å². The van der Waals surface area contributed by atoms with Crippen molar-refractivity contribution in [3.63, 3.8) is 0 Å². The largest absolute Gasteiger partial charge is 0.183 e. The van der Waals surface area contributed by atoms with Gasteiger partial charge in [-0.15, -0.1) is 31.8 Å². The van der Waals surface area contributed by atoms with Gasteiger partial charge >= 0.3 is 0 Å². The van der Waals surface area contributed by atoms with Crippen molar-refractivity contribution in [2.45, 2.75) is 165 Å². The second kappa shape index (κ2) is 51.9. The van der Waals surface area contributed by atoms with Crippen molar-refractivity contribution in [2.24, 2.45) is 5.41 Å². The lowest BCUT2D eigenvalue weighted by atomic mass is 9.92. The van der Waals surface area contributed by atoms with Crippen molar-refractivity contribution in [3.8, 4) is 0 Å². The van der Waals surface area contributed by atoms with Gasteiger partial charge < -0.3 is 0 Å². The molecule has 0 atom stereocenters. The minimum absolute atomic E-state index is 0.446. The van der Waals surface area contributed by atoms with Crippen LogP contribution in [0.15, 0.2) is 50.0 Å². The number of thiol groups is 1. The first-order valence-electron chi connectivity index (χ1n) is 15.3. The zero-order valence-electron chi connectivity index (χ0n) is 27.6. The fourth-order valence-electron chi connectivity index (χ4n) is 3.02. The van der Waals surface area contributed by atoms with E-state index in [4.69, 9.17) is 7.85 Å². The van der Waals surface area contributed by atoms with Crippen LogP contribution in [-0.4, -0.2) is 14.1 Å². The van der Waals surface area contributed by atoms with Crippen molar-refractivity contribution < 1.29 is 0 Å². The van der Waals surface area contributed by atoms with Gasteiger partial charge in [0.15, 0.2) is 0 Å². The average molecular weight is 537 g/mol. The van der Waals surface area contributed by atoms with E-state index in [0.717, 1.165) is 0 Å². The van der Waals surface area contributed by atoms with Gasteiger partial charge in [0, 0.05) is 0 Å². The van der Waals surface area contributed by atoms with E-state index in [2.05, 4.69) is 85.7 Å². The monoisotopic (exact) mass is 537 g/mol. The molecule has 0 fully saturated rings. The molecule has 0 aromatic heterocycles. The lowest BCUT2D eigenvalue weighted by Gasteiger charge is -2.14. The highest BCUT2D eigenvalue weighted by molar-refractivity contribution is 7.79. The lowest BCUT2D eigenvalue weighted by molar-refractivity contribution is 0.420. The van der Waals surface area contributed by atoms with Gasteiger partial charge in [-0.3, -0.25) is 0 Å². The first-order chi connectivity index (χ1) is 17.7. The highest BCUT2D eigenvalue weighted by atomic mass is 32.1. The smallest absolute Gasteiger partial charge is 0.106 e. The molecule has 0 nitrogen and oxygen atoms in total. The van der Waals surface area contributed by atoms with Crippen LogP contribution in [0.2, 0.25) is 0 Å². The van der Waals surface area contributed by atoms with Gasteiger partial charge in [0.1, 0.15) is 7.85 Å². The van der Waals surface area contributed by atoms with Crippen LogP contribution in [0.5, 0.6) is 0 Å². The average Bonchev–Trinajstić information content (AvgIpc) is 2.88. The predicted octanol–water partition coefficient (Wildman–Crippen LogP) is 13.5. The molecule has 37 heavy (non-hydrogen) atoms. The van der Waals surface area contributed by atoms with Crippen LogP contribution < -0.4 is 0 Å². The Labute approximate surface area is 246 Å². The molecule has 0 rings (SSSR count). The summed E-state index contributed by atoms with van der Waals surface area (Å²) < 4.78 is 0. The Morgan fingerprint density at radius 2 is 0.973 bits per heavy atom. The fourth-order valence-corrected chi connectivity index (χ4v) is 3.02. The van der Waals surface area contributed by atoms with Crippen LogP contribution >= 0.6 is 12.6 Å². The normalized spacial score (nSPS) is 9.46. The summed E-state index contributed by atoms with van der Waals surface area (Å²) in [5, 5.41) is 0. The molecule has 0 saturated heterocycles. The summed E-state index contributed by atoms with van der Waals surface area (Å²) in [4.78, 5) is 0. The van der Waals surface area contributed by atoms with E-state index >= 15 is 0 Å². The van der Waals surface area contributed by atoms with E-state index in [1.165, 1.54) is 109 Å². The molecular weight excluding hydrogens is 463 g/mol. The fraction of sp³-hybridized carbons (Fsp3) is 0.771. The number of allylic oxidation sites excluding steroid dienone is 4. The van der Waals surface area contributed by atoms with Gasteiger partial charge in [-0.05, 0) is 43.8 Å². The molecule has 0 spiro atoms. The molecular formula is C35H73BS. The van der Waals surface area contributed by atoms with E-state index in [9.17, 15) is 0 Å². The molecule has 222 valence electrons. The number of hydrogen-bond donors (Lipinski definition) is 1. The minimum atomic E-state index is 0.446. The zero-order chi connectivity index (χ0) is 30.2. The van der Waals surface area contributed by atoms with Crippen LogP contribution in [0.25, 0.3) is 0 Å². The van der Waals surface area contributed by atoms with Gasteiger partial charge in [-0.1, -0.05) is 151 Å². The molecule has 0 aromatic carbocycles. The van der Waals surface area contributed by atoms with Gasteiger partial charge in [0.05, 0.1) is 0 Å². The van der Waals surface area contributed by atoms with E-state index < -0.39 is 0 Å². The molecule has 0 amide bonds. The van der Waals surface area contributed by atoms with Crippen molar-refractivity contribution in [1.82, 2.24) is 0 Å². The predicted molar refractivity (Wildman–Crippen MR) is 187 cm³/mol. The van der Waals surface area contributed by atoms with Crippen LogP contribution in [-0.2, 0) is 0 Å². The third-order valence-electron chi connectivity index (χ3n) is 4.88. The van der Waals surface area contributed by atoms with Crippen LogP contribution in [0.3, 0.4) is 0 Å². The van der Waals surface area contributed by atoms with Gasteiger partial charge in [0.2, 0.25) is 0 Å². The van der Waals surface area contributed by atoms with Crippen molar-refractivity contribution in [1.29, 1.82) is 0 Å². The summed E-state index contributed by atoms with van der Waals surface area (Å²) in [6.07, 6.45) is 31.8. The molecule has 0 aliphatic rings. The van der Waals surface area contributed by atoms with Gasteiger partial charge in [0.25, 0.3) is 0 Å².